The van der Waals surface area contributed by atoms with Gasteiger partial charge >= 0.3 is 0 Å². The lowest BCUT2D eigenvalue weighted by Gasteiger charge is -2.06. The fourth-order valence-corrected chi connectivity index (χ4v) is 5.59. The van der Waals surface area contributed by atoms with Crippen LogP contribution >= 0.6 is 11.5 Å². The predicted molar refractivity (Wildman–Crippen MR) is 138 cm³/mol. The Kier molecular flexibility index (Phi) is 4.34. The Balaban J connectivity index is 1.32. The van der Waals surface area contributed by atoms with Crippen LogP contribution in [0.1, 0.15) is 16.8 Å². The van der Waals surface area contributed by atoms with Crippen LogP contribution in [-0.4, -0.2) is 33.9 Å². The number of nitrogens with zero attached hydrogens (tertiary/aromatic N) is 6. The summed E-state index contributed by atoms with van der Waals surface area (Å²) in [7, 11) is 1.90. The number of aryl methyl sites for hydroxylation is 1. The molecular weight excluding hydrogens is 458 g/mol. The van der Waals surface area contributed by atoms with Gasteiger partial charge in [-0.25, -0.2) is 9.67 Å². The molecule has 1 N–H and O–H groups in total. The molecule has 7 aromatic rings. The molecule has 8 nitrogen and oxygen atoms in total. The van der Waals surface area contributed by atoms with E-state index in [1.54, 1.807) is 12.4 Å². The smallest absolute Gasteiger partial charge is 0.291 e. The first-order valence-corrected chi connectivity index (χ1v) is 12.0. The molecule has 0 bridgehead atoms. The van der Waals surface area contributed by atoms with Crippen molar-refractivity contribution in [2.24, 2.45) is 7.05 Å². The van der Waals surface area contributed by atoms with E-state index < -0.39 is 0 Å². The third kappa shape index (κ3) is 3.08. The summed E-state index contributed by atoms with van der Waals surface area (Å²) in [6, 6.07) is 16.3. The Bertz CT molecular complexity index is 1960. The molecule has 0 saturated carbocycles. The highest BCUT2D eigenvalue weighted by molar-refractivity contribution is 7.13. The van der Waals surface area contributed by atoms with Crippen LogP contribution in [0.2, 0.25) is 0 Å². The fourth-order valence-electron chi connectivity index (χ4n) is 4.90. The van der Waals surface area contributed by atoms with Crippen molar-refractivity contribution >= 4 is 54.5 Å². The van der Waals surface area contributed by atoms with Gasteiger partial charge in [-0.2, -0.15) is 14.6 Å². The minimum Gasteiger partial charge on any atom is -0.324 e. The third-order valence-electron chi connectivity index (χ3n) is 6.65. The molecule has 9 heteroatoms. The van der Waals surface area contributed by atoms with Crippen molar-refractivity contribution in [3.63, 3.8) is 0 Å². The second-order valence-corrected chi connectivity index (χ2v) is 9.52. The second kappa shape index (κ2) is 7.57. The molecule has 5 aromatic heterocycles. The molecule has 0 spiro atoms. The van der Waals surface area contributed by atoms with E-state index in [1.165, 1.54) is 26.5 Å². The fraction of sp³-hybridized carbons (Fsp3) is 0.115. The summed E-state index contributed by atoms with van der Waals surface area (Å²) in [5.74, 6) is 0. The summed E-state index contributed by atoms with van der Waals surface area (Å²) < 4.78 is 8.89. The van der Waals surface area contributed by atoms with Crippen LogP contribution in [-0.2, 0) is 20.0 Å². The Morgan fingerprint density at radius 3 is 2.74 bits per heavy atom. The van der Waals surface area contributed by atoms with E-state index in [0.717, 1.165) is 44.0 Å². The van der Waals surface area contributed by atoms with Crippen molar-refractivity contribution in [1.29, 1.82) is 0 Å². The zero-order valence-corrected chi connectivity index (χ0v) is 19.6. The van der Waals surface area contributed by atoms with E-state index in [9.17, 15) is 4.79 Å². The SMILES string of the molecule is Cn1c2nc(Cc3cccc4sncc34)ccc2c2cnn(Cc3cccc4[nH]ncc34)c(=O)c21. The number of hydrogen-bond acceptors (Lipinski definition) is 6. The summed E-state index contributed by atoms with van der Waals surface area (Å²) in [6.07, 6.45) is 6.17. The molecule has 0 unspecified atom stereocenters. The van der Waals surface area contributed by atoms with Crippen molar-refractivity contribution in [3.8, 4) is 0 Å². The number of pyridine rings is 1. The average Bonchev–Trinajstić information content (AvgIpc) is 3.60. The zero-order chi connectivity index (χ0) is 23.5. The predicted octanol–water partition coefficient (Wildman–Crippen LogP) is 4.41. The van der Waals surface area contributed by atoms with Gasteiger partial charge in [-0.15, -0.1) is 0 Å². The van der Waals surface area contributed by atoms with E-state index in [4.69, 9.17) is 4.98 Å². The first-order chi connectivity index (χ1) is 17.2. The normalized spacial score (nSPS) is 11.9. The second-order valence-electron chi connectivity index (χ2n) is 8.68. The lowest BCUT2D eigenvalue weighted by molar-refractivity contribution is 0.647. The maximum atomic E-state index is 13.5. The Hall–Kier alpha value is -4.37. The van der Waals surface area contributed by atoms with Crippen LogP contribution < -0.4 is 5.56 Å². The highest BCUT2D eigenvalue weighted by atomic mass is 32.1. The van der Waals surface area contributed by atoms with E-state index in [-0.39, 0.29) is 5.56 Å². The number of rotatable bonds is 4. The summed E-state index contributed by atoms with van der Waals surface area (Å²) in [5.41, 5.74) is 5.30. The highest BCUT2D eigenvalue weighted by Crippen LogP contribution is 2.27. The lowest BCUT2D eigenvalue weighted by Crippen LogP contribution is -2.24. The molecule has 0 amide bonds. The van der Waals surface area contributed by atoms with Crippen molar-refractivity contribution < 1.29 is 0 Å². The number of H-pyrrole nitrogens is 1. The monoisotopic (exact) mass is 477 g/mol. The van der Waals surface area contributed by atoms with Gasteiger partial charge in [-0.1, -0.05) is 24.3 Å². The number of benzene rings is 2. The topological polar surface area (TPSA) is 94.3 Å². The summed E-state index contributed by atoms with van der Waals surface area (Å²) in [6.45, 7) is 0.366. The average molecular weight is 478 g/mol. The molecule has 170 valence electrons. The van der Waals surface area contributed by atoms with Crippen molar-refractivity contribution in [2.45, 2.75) is 13.0 Å². The molecule has 0 fully saturated rings. The van der Waals surface area contributed by atoms with Crippen molar-refractivity contribution in [1.82, 2.24) is 33.9 Å². The Morgan fingerprint density at radius 2 is 1.80 bits per heavy atom. The van der Waals surface area contributed by atoms with E-state index >= 15 is 0 Å². The molecular formula is C26H19N7OS. The summed E-state index contributed by atoms with van der Waals surface area (Å²) in [5, 5.41) is 15.5. The maximum Gasteiger partial charge on any atom is 0.291 e. The van der Waals surface area contributed by atoms with Gasteiger partial charge in [0.2, 0.25) is 0 Å². The van der Waals surface area contributed by atoms with Crippen LogP contribution in [0.3, 0.4) is 0 Å². The van der Waals surface area contributed by atoms with E-state index in [2.05, 4.69) is 37.9 Å². The standard InChI is InChI=1S/C26H19N7OS/c1-32-24-21(12-28-33(26(24)34)14-16-5-2-6-22-19(16)11-27-31-22)18-9-8-17(30-25(18)32)10-15-4-3-7-23-20(15)13-29-35-23/h2-9,11-13H,10,14H2,1H3,(H,27,31). The Labute approximate surface area is 202 Å². The molecule has 0 saturated heterocycles. The molecule has 5 heterocycles. The van der Waals surface area contributed by atoms with Gasteiger partial charge < -0.3 is 4.57 Å². The molecule has 0 radical (unpaired) electrons. The van der Waals surface area contributed by atoms with Crippen LogP contribution in [0, 0.1) is 0 Å². The van der Waals surface area contributed by atoms with Gasteiger partial charge in [0.15, 0.2) is 0 Å². The molecule has 0 aliphatic rings. The van der Waals surface area contributed by atoms with Gasteiger partial charge in [0.25, 0.3) is 5.56 Å². The minimum absolute atomic E-state index is 0.140. The van der Waals surface area contributed by atoms with Crippen molar-refractivity contribution in [3.05, 3.63) is 94.3 Å². The van der Waals surface area contributed by atoms with Gasteiger partial charge in [-0.05, 0) is 46.9 Å². The number of aromatic nitrogens is 7. The minimum atomic E-state index is -0.140. The van der Waals surface area contributed by atoms with Gasteiger partial charge in [-0.3, -0.25) is 9.89 Å². The third-order valence-corrected chi connectivity index (χ3v) is 7.41. The summed E-state index contributed by atoms with van der Waals surface area (Å²) >= 11 is 1.50. The zero-order valence-electron chi connectivity index (χ0n) is 18.8. The lowest BCUT2D eigenvalue weighted by atomic mass is 10.1. The molecule has 35 heavy (non-hydrogen) atoms. The molecule has 7 rings (SSSR count). The highest BCUT2D eigenvalue weighted by Gasteiger charge is 2.17. The largest absolute Gasteiger partial charge is 0.324 e. The van der Waals surface area contributed by atoms with Crippen LogP contribution in [0.5, 0.6) is 0 Å². The summed E-state index contributed by atoms with van der Waals surface area (Å²) in [4.78, 5) is 18.5. The first-order valence-electron chi connectivity index (χ1n) is 11.2. The first kappa shape index (κ1) is 20.0. The molecule has 0 aliphatic carbocycles. The van der Waals surface area contributed by atoms with Crippen LogP contribution in [0.25, 0.3) is 42.9 Å². The number of aromatic amines is 1. The molecule has 0 aliphatic heterocycles. The molecule has 0 atom stereocenters. The van der Waals surface area contributed by atoms with E-state index in [1.807, 2.05) is 48.1 Å². The van der Waals surface area contributed by atoms with E-state index in [0.29, 0.717) is 18.5 Å². The molecule has 2 aromatic carbocycles. The maximum absolute atomic E-state index is 13.5. The van der Waals surface area contributed by atoms with Gasteiger partial charge in [0, 0.05) is 46.9 Å². The number of hydrogen-bond donors (Lipinski definition) is 1. The van der Waals surface area contributed by atoms with Crippen molar-refractivity contribution in [2.75, 3.05) is 0 Å². The number of nitrogens with one attached hydrogen (secondary N) is 1. The van der Waals surface area contributed by atoms with Gasteiger partial charge in [0.05, 0.1) is 29.2 Å². The quantitative estimate of drug-likeness (QED) is 0.405. The van der Waals surface area contributed by atoms with Gasteiger partial charge in [0.1, 0.15) is 11.2 Å². The Morgan fingerprint density at radius 1 is 0.914 bits per heavy atom. The number of fused-ring (bicyclic) bond motifs is 5. The van der Waals surface area contributed by atoms with Crippen LogP contribution in [0.15, 0.2) is 71.9 Å². The van der Waals surface area contributed by atoms with Crippen LogP contribution in [0.4, 0.5) is 0 Å².